The van der Waals surface area contributed by atoms with Crippen LogP contribution >= 0.6 is 0 Å². The van der Waals surface area contributed by atoms with Crippen molar-refractivity contribution in [3.8, 4) is 0 Å². The molecule has 1 aliphatic carbocycles. The molecule has 1 fully saturated rings. The first-order chi connectivity index (χ1) is 5.73. The molecule has 0 aromatic carbocycles. The van der Waals surface area contributed by atoms with E-state index < -0.39 is 11.4 Å². The van der Waals surface area contributed by atoms with Crippen molar-refractivity contribution in [3.05, 3.63) is 24.1 Å². The lowest BCUT2D eigenvalue weighted by molar-refractivity contribution is -0.111. The monoisotopic (exact) mass is 168 g/mol. The molecular weight excluding hydrogens is 159 g/mol. The summed E-state index contributed by atoms with van der Waals surface area (Å²) in [7, 11) is 0. The predicted molar refractivity (Wildman–Crippen MR) is 41.3 cm³/mol. The Balaban J connectivity index is 2.33. The zero-order valence-electron chi connectivity index (χ0n) is 6.55. The van der Waals surface area contributed by atoms with Gasteiger partial charge in [-0.25, -0.2) is 4.39 Å². The van der Waals surface area contributed by atoms with Crippen LogP contribution in [0, 0.1) is 0 Å². The number of carbonyl (C=O) groups is 1. The van der Waals surface area contributed by atoms with Crippen LogP contribution in [0.1, 0.15) is 12.8 Å². The van der Waals surface area contributed by atoms with Crippen LogP contribution in [0.4, 0.5) is 4.39 Å². The number of ketones is 1. The second-order valence-corrected chi connectivity index (χ2v) is 3.07. The number of halogens is 1. The molecule has 0 N–H and O–H groups in total. The van der Waals surface area contributed by atoms with Crippen LogP contribution in [-0.4, -0.2) is 18.0 Å². The summed E-state index contributed by atoms with van der Waals surface area (Å²) in [5, 5.41) is 0. The topological polar surface area (TPSA) is 26.3 Å². The molecule has 2 rings (SSSR count). The summed E-state index contributed by atoms with van der Waals surface area (Å²) in [4.78, 5) is 10.8. The predicted octanol–water partition coefficient (Wildman–Crippen LogP) is 1.53. The van der Waals surface area contributed by atoms with Crippen LogP contribution in [0.25, 0.3) is 0 Å². The maximum Gasteiger partial charge on any atom is 0.181 e. The Morgan fingerprint density at radius 1 is 1.58 bits per heavy atom. The average Bonchev–Trinajstić information content (AvgIpc) is 2.48. The number of rotatable bonds is 0. The molecule has 3 heteroatoms. The van der Waals surface area contributed by atoms with E-state index in [1.807, 2.05) is 0 Å². The molecule has 1 aliphatic heterocycles. The molecule has 0 bridgehead atoms. The third kappa shape index (κ3) is 1.01. The fourth-order valence-electron chi connectivity index (χ4n) is 1.57. The first-order valence-electron chi connectivity index (χ1n) is 3.98. The highest BCUT2D eigenvalue weighted by Gasteiger charge is 2.39. The molecule has 1 saturated heterocycles. The summed E-state index contributed by atoms with van der Waals surface area (Å²) in [5.41, 5.74) is -0.895. The Labute approximate surface area is 69.7 Å². The maximum atomic E-state index is 13.3. The zero-order chi connectivity index (χ0) is 8.60. The smallest absolute Gasteiger partial charge is 0.181 e. The van der Waals surface area contributed by atoms with Crippen molar-refractivity contribution in [3.63, 3.8) is 0 Å². The molecule has 2 aliphatic rings. The van der Waals surface area contributed by atoms with E-state index in [-0.39, 0.29) is 5.78 Å². The molecule has 1 spiro atoms. The van der Waals surface area contributed by atoms with Gasteiger partial charge in [-0.05, 0) is 25.0 Å². The van der Waals surface area contributed by atoms with Gasteiger partial charge in [0.1, 0.15) is 11.4 Å². The molecule has 0 aromatic heterocycles. The zero-order valence-corrected chi connectivity index (χ0v) is 6.55. The lowest BCUT2D eigenvalue weighted by Crippen LogP contribution is -2.28. The van der Waals surface area contributed by atoms with Gasteiger partial charge in [0, 0.05) is 12.7 Å². The lowest BCUT2D eigenvalue weighted by atomic mass is 9.93. The van der Waals surface area contributed by atoms with Crippen LogP contribution in [0.2, 0.25) is 0 Å². The van der Waals surface area contributed by atoms with E-state index in [1.165, 1.54) is 12.2 Å². The molecule has 0 aromatic rings. The highest BCUT2D eigenvalue weighted by Crippen LogP contribution is 2.36. The highest BCUT2D eigenvalue weighted by atomic mass is 19.1. The fraction of sp³-hybridized carbons (Fsp3) is 0.444. The van der Waals surface area contributed by atoms with Crippen molar-refractivity contribution >= 4 is 5.78 Å². The van der Waals surface area contributed by atoms with Crippen molar-refractivity contribution in [2.24, 2.45) is 0 Å². The minimum atomic E-state index is -0.895. The van der Waals surface area contributed by atoms with Crippen LogP contribution in [-0.2, 0) is 9.53 Å². The largest absolute Gasteiger partial charge is 0.364 e. The van der Waals surface area contributed by atoms with Gasteiger partial charge in [-0.1, -0.05) is 0 Å². The van der Waals surface area contributed by atoms with Gasteiger partial charge in [0.2, 0.25) is 0 Å². The van der Waals surface area contributed by atoms with E-state index in [0.29, 0.717) is 13.0 Å². The SMILES string of the molecule is O=C1C=CC2(CCCO2)C(F)=C1. The fourth-order valence-corrected chi connectivity index (χ4v) is 1.57. The molecule has 1 atom stereocenters. The molecule has 2 nitrogen and oxygen atoms in total. The van der Waals surface area contributed by atoms with Gasteiger partial charge in [0.25, 0.3) is 0 Å². The number of hydrogen-bond acceptors (Lipinski definition) is 2. The van der Waals surface area contributed by atoms with Gasteiger partial charge in [-0.2, -0.15) is 0 Å². The second-order valence-electron chi connectivity index (χ2n) is 3.07. The summed E-state index contributed by atoms with van der Waals surface area (Å²) in [5.74, 6) is -0.749. The maximum absolute atomic E-state index is 13.3. The molecule has 64 valence electrons. The number of carbonyl (C=O) groups excluding carboxylic acids is 1. The van der Waals surface area contributed by atoms with Crippen LogP contribution < -0.4 is 0 Å². The summed E-state index contributed by atoms with van der Waals surface area (Å²) in [6, 6.07) is 0. The van der Waals surface area contributed by atoms with Gasteiger partial charge in [-0.3, -0.25) is 4.79 Å². The highest BCUT2D eigenvalue weighted by molar-refractivity contribution is 6.01. The van der Waals surface area contributed by atoms with Gasteiger partial charge in [0.05, 0.1) is 0 Å². The van der Waals surface area contributed by atoms with E-state index in [1.54, 1.807) is 0 Å². The third-order valence-electron chi connectivity index (χ3n) is 2.24. The van der Waals surface area contributed by atoms with E-state index >= 15 is 0 Å². The van der Waals surface area contributed by atoms with Crippen molar-refractivity contribution in [2.45, 2.75) is 18.4 Å². The molecule has 12 heavy (non-hydrogen) atoms. The Morgan fingerprint density at radius 2 is 2.42 bits per heavy atom. The van der Waals surface area contributed by atoms with Crippen LogP contribution in [0.5, 0.6) is 0 Å². The quantitative estimate of drug-likeness (QED) is 0.548. The molecule has 1 heterocycles. The van der Waals surface area contributed by atoms with Crippen molar-refractivity contribution in [2.75, 3.05) is 6.61 Å². The minimum absolute atomic E-state index is 0.298. The third-order valence-corrected chi connectivity index (χ3v) is 2.24. The molecular formula is C9H9FO2. The van der Waals surface area contributed by atoms with Gasteiger partial charge in [0.15, 0.2) is 5.78 Å². The van der Waals surface area contributed by atoms with E-state index in [2.05, 4.69) is 0 Å². The summed E-state index contributed by atoms with van der Waals surface area (Å²) in [6.45, 7) is 0.569. The van der Waals surface area contributed by atoms with Gasteiger partial charge >= 0.3 is 0 Å². The summed E-state index contributed by atoms with van der Waals surface area (Å²) in [6.07, 6.45) is 5.39. The van der Waals surface area contributed by atoms with Crippen molar-refractivity contribution in [1.82, 2.24) is 0 Å². The molecule has 1 unspecified atom stereocenters. The van der Waals surface area contributed by atoms with Gasteiger partial charge < -0.3 is 4.74 Å². The molecule has 0 amide bonds. The van der Waals surface area contributed by atoms with Crippen LogP contribution in [0.15, 0.2) is 24.1 Å². The standard InChI is InChI=1S/C9H9FO2/c10-8-6-7(11)2-4-9(8)3-1-5-12-9/h2,4,6H,1,3,5H2. The van der Waals surface area contributed by atoms with E-state index in [9.17, 15) is 9.18 Å². The minimum Gasteiger partial charge on any atom is -0.364 e. The van der Waals surface area contributed by atoms with Crippen molar-refractivity contribution in [1.29, 1.82) is 0 Å². The number of ether oxygens (including phenoxy) is 1. The molecule has 0 radical (unpaired) electrons. The summed E-state index contributed by atoms with van der Waals surface area (Å²) < 4.78 is 18.5. The molecule has 0 saturated carbocycles. The lowest BCUT2D eigenvalue weighted by Gasteiger charge is -2.24. The average molecular weight is 168 g/mol. The number of hydrogen-bond donors (Lipinski definition) is 0. The Hall–Kier alpha value is -0.960. The second kappa shape index (κ2) is 2.52. The van der Waals surface area contributed by atoms with Crippen molar-refractivity contribution < 1.29 is 13.9 Å². The Kier molecular flexibility index (Phi) is 1.61. The van der Waals surface area contributed by atoms with E-state index in [4.69, 9.17) is 4.74 Å². The van der Waals surface area contributed by atoms with Crippen LogP contribution in [0.3, 0.4) is 0 Å². The number of allylic oxidation sites excluding steroid dienone is 2. The Morgan fingerprint density at radius 3 is 3.00 bits per heavy atom. The first-order valence-corrected chi connectivity index (χ1v) is 3.98. The first kappa shape index (κ1) is 7.68. The van der Waals surface area contributed by atoms with Gasteiger partial charge in [-0.15, -0.1) is 0 Å². The van der Waals surface area contributed by atoms with E-state index in [0.717, 1.165) is 12.5 Å². The summed E-state index contributed by atoms with van der Waals surface area (Å²) >= 11 is 0. The normalized spacial score (nSPS) is 34.4. The Bertz CT molecular complexity index is 272.